The molecule has 0 aliphatic heterocycles. The predicted octanol–water partition coefficient (Wildman–Crippen LogP) is 4.29. The van der Waals surface area contributed by atoms with Crippen LogP contribution in [-0.4, -0.2) is 30.8 Å². The third-order valence-corrected chi connectivity index (χ3v) is 2.90. The van der Waals surface area contributed by atoms with Crippen molar-refractivity contribution in [1.29, 1.82) is 5.26 Å². The lowest BCUT2D eigenvalue weighted by atomic mass is 10.1. The number of ether oxygens (including phenoxy) is 1. The molecular weight excluding hydrogens is 366 g/mol. The molecule has 0 saturated carbocycles. The molecule has 0 saturated heterocycles. The minimum Gasteiger partial charge on any atom is -0.459 e. The molecule has 1 aromatic carbocycles. The van der Waals surface area contributed by atoms with Crippen LogP contribution in [0.15, 0.2) is 18.2 Å². The topological polar surface area (TPSA) is 53.3 Å². The number of esters is 1. The van der Waals surface area contributed by atoms with E-state index in [1.807, 2.05) is 0 Å². The standard InChI is InChI=1S/C16H16F6N2O2/c1-14(2,3)26-13(25)8-24(9-15(17,18)19)11-5-4-10(7-23)12(6-11)16(20,21)22/h4-6H,8-9H2,1-3H3. The lowest BCUT2D eigenvalue weighted by molar-refractivity contribution is -0.153. The molecule has 0 aliphatic carbocycles. The highest BCUT2D eigenvalue weighted by atomic mass is 19.4. The monoisotopic (exact) mass is 382 g/mol. The molecule has 0 spiro atoms. The summed E-state index contributed by atoms with van der Waals surface area (Å²) in [5, 5.41) is 8.75. The van der Waals surface area contributed by atoms with Crippen molar-refractivity contribution in [2.24, 2.45) is 0 Å². The quantitative estimate of drug-likeness (QED) is 0.576. The first kappa shape index (κ1) is 21.6. The molecule has 1 rings (SSSR count). The Morgan fingerprint density at radius 2 is 1.73 bits per heavy atom. The lowest BCUT2D eigenvalue weighted by Crippen LogP contribution is -2.40. The van der Waals surface area contributed by atoms with Crippen LogP contribution in [0.25, 0.3) is 0 Å². The van der Waals surface area contributed by atoms with Crippen molar-refractivity contribution in [2.75, 3.05) is 18.0 Å². The SMILES string of the molecule is CC(C)(C)OC(=O)CN(CC(F)(F)F)c1ccc(C#N)c(C(F)(F)F)c1. The van der Waals surface area contributed by atoms with Gasteiger partial charge < -0.3 is 9.64 Å². The minimum absolute atomic E-state index is 0.411. The van der Waals surface area contributed by atoms with Gasteiger partial charge in [-0.05, 0) is 39.0 Å². The molecule has 26 heavy (non-hydrogen) atoms. The maximum Gasteiger partial charge on any atom is 0.417 e. The lowest BCUT2D eigenvalue weighted by Gasteiger charge is -2.28. The molecule has 0 fully saturated rings. The number of anilines is 1. The van der Waals surface area contributed by atoms with Crippen LogP contribution < -0.4 is 4.90 Å². The third kappa shape index (κ3) is 6.82. The van der Waals surface area contributed by atoms with Crippen molar-refractivity contribution in [1.82, 2.24) is 0 Å². The average molecular weight is 382 g/mol. The van der Waals surface area contributed by atoms with Crippen molar-refractivity contribution in [2.45, 2.75) is 38.7 Å². The number of hydrogen-bond acceptors (Lipinski definition) is 4. The van der Waals surface area contributed by atoms with E-state index >= 15 is 0 Å². The summed E-state index contributed by atoms with van der Waals surface area (Å²) in [6, 6.07) is 3.43. The number of benzene rings is 1. The van der Waals surface area contributed by atoms with E-state index < -0.39 is 53.8 Å². The first-order valence-corrected chi connectivity index (χ1v) is 7.27. The maximum atomic E-state index is 13.0. The van der Waals surface area contributed by atoms with Gasteiger partial charge >= 0.3 is 18.3 Å². The van der Waals surface area contributed by atoms with Crippen LogP contribution in [0.2, 0.25) is 0 Å². The fourth-order valence-corrected chi connectivity index (χ4v) is 2.05. The van der Waals surface area contributed by atoms with Crippen LogP contribution in [0, 0.1) is 11.3 Å². The largest absolute Gasteiger partial charge is 0.459 e. The fourth-order valence-electron chi connectivity index (χ4n) is 2.05. The van der Waals surface area contributed by atoms with Gasteiger partial charge in [0.05, 0.1) is 17.2 Å². The van der Waals surface area contributed by atoms with Crippen molar-refractivity contribution < 1.29 is 35.9 Å². The second kappa shape index (κ2) is 7.43. The normalized spacial score (nSPS) is 12.5. The van der Waals surface area contributed by atoms with Crippen LogP contribution in [-0.2, 0) is 15.7 Å². The van der Waals surface area contributed by atoms with E-state index in [-0.39, 0.29) is 0 Å². The van der Waals surface area contributed by atoms with Gasteiger partial charge in [0.2, 0.25) is 0 Å². The van der Waals surface area contributed by atoms with Gasteiger partial charge in [-0.25, -0.2) is 0 Å². The Kier molecular flexibility index (Phi) is 6.18. The summed E-state index contributed by atoms with van der Waals surface area (Å²) in [7, 11) is 0. The summed E-state index contributed by atoms with van der Waals surface area (Å²) < 4.78 is 82.4. The van der Waals surface area contributed by atoms with E-state index in [0.717, 1.165) is 12.1 Å². The first-order valence-electron chi connectivity index (χ1n) is 7.27. The van der Waals surface area contributed by atoms with E-state index in [4.69, 9.17) is 10.00 Å². The number of hydrogen-bond donors (Lipinski definition) is 0. The highest BCUT2D eigenvalue weighted by molar-refractivity contribution is 5.76. The van der Waals surface area contributed by atoms with Gasteiger partial charge in [0.1, 0.15) is 18.7 Å². The number of alkyl halides is 6. The van der Waals surface area contributed by atoms with Crippen LogP contribution in [0.3, 0.4) is 0 Å². The van der Waals surface area contributed by atoms with E-state index in [2.05, 4.69) is 0 Å². The van der Waals surface area contributed by atoms with Gasteiger partial charge in [-0.1, -0.05) is 0 Å². The van der Waals surface area contributed by atoms with Crippen LogP contribution in [0.1, 0.15) is 31.9 Å². The Balaban J connectivity index is 3.27. The van der Waals surface area contributed by atoms with Crippen LogP contribution >= 0.6 is 0 Å². The smallest absolute Gasteiger partial charge is 0.417 e. The zero-order chi connectivity index (χ0) is 20.3. The molecule has 0 atom stereocenters. The third-order valence-electron chi connectivity index (χ3n) is 2.90. The van der Waals surface area contributed by atoms with Crippen LogP contribution in [0.4, 0.5) is 32.0 Å². The number of nitrogens with zero attached hydrogens (tertiary/aromatic N) is 2. The summed E-state index contributed by atoms with van der Waals surface area (Å²) in [5.74, 6) is -1.03. The summed E-state index contributed by atoms with van der Waals surface area (Å²) in [6.07, 6.45) is -9.70. The second-order valence-corrected chi connectivity index (χ2v) is 6.40. The Hall–Kier alpha value is -2.44. The highest BCUT2D eigenvalue weighted by Gasteiger charge is 2.36. The average Bonchev–Trinajstić information content (AvgIpc) is 2.41. The first-order chi connectivity index (χ1) is 11.6. The number of halogens is 6. The zero-order valence-electron chi connectivity index (χ0n) is 14.1. The number of carbonyl (C=O) groups excluding carboxylic acids is 1. The summed E-state index contributed by atoms with van der Waals surface area (Å²) in [4.78, 5) is 12.2. The van der Waals surface area contributed by atoms with Crippen molar-refractivity contribution in [3.8, 4) is 6.07 Å². The Bertz CT molecular complexity index is 699. The van der Waals surface area contributed by atoms with Gasteiger partial charge in [-0.15, -0.1) is 0 Å². The highest BCUT2D eigenvalue weighted by Crippen LogP contribution is 2.35. The Morgan fingerprint density at radius 1 is 1.15 bits per heavy atom. The van der Waals surface area contributed by atoms with E-state index in [0.29, 0.717) is 11.0 Å². The van der Waals surface area contributed by atoms with E-state index in [1.165, 1.54) is 26.8 Å². The molecule has 144 valence electrons. The van der Waals surface area contributed by atoms with Crippen LogP contribution in [0.5, 0.6) is 0 Å². The molecule has 0 radical (unpaired) electrons. The van der Waals surface area contributed by atoms with Crippen molar-refractivity contribution in [3.05, 3.63) is 29.3 Å². The predicted molar refractivity (Wildman–Crippen MR) is 80.3 cm³/mol. The Labute approximate surface area is 146 Å². The molecule has 0 unspecified atom stereocenters. The molecule has 0 bridgehead atoms. The van der Waals surface area contributed by atoms with Gasteiger partial charge in [0.25, 0.3) is 0 Å². The van der Waals surface area contributed by atoms with Crippen molar-refractivity contribution >= 4 is 11.7 Å². The zero-order valence-corrected chi connectivity index (χ0v) is 14.1. The van der Waals surface area contributed by atoms with Crippen molar-refractivity contribution in [3.63, 3.8) is 0 Å². The summed E-state index contributed by atoms with van der Waals surface area (Å²) >= 11 is 0. The molecular formula is C16H16F6N2O2. The number of carbonyl (C=O) groups is 1. The number of rotatable bonds is 4. The molecule has 0 N–H and O–H groups in total. The molecule has 10 heteroatoms. The Morgan fingerprint density at radius 3 is 2.15 bits per heavy atom. The molecule has 4 nitrogen and oxygen atoms in total. The van der Waals surface area contributed by atoms with Gasteiger partial charge in [-0.3, -0.25) is 4.79 Å². The molecule has 0 aliphatic rings. The maximum absolute atomic E-state index is 13.0. The summed E-state index contributed by atoms with van der Waals surface area (Å²) in [5.41, 5.74) is -3.58. The number of nitriles is 1. The van der Waals surface area contributed by atoms with Gasteiger partial charge in [-0.2, -0.15) is 31.6 Å². The molecule has 0 amide bonds. The molecule has 1 aromatic rings. The van der Waals surface area contributed by atoms with Gasteiger partial charge in [0, 0.05) is 5.69 Å². The van der Waals surface area contributed by atoms with E-state index in [9.17, 15) is 31.1 Å². The van der Waals surface area contributed by atoms with Gasteiger partial charge in [0.15, 0.2) is 0 Å². The fraction of sp³-hybridized carbons (Fsp3) is 0.500. The summed E-state index contributed by atoms with van der Waals surface area (Å²) in [6.45, 7) is 1.95. The second-order valence-electron chi connectivity index (χ2n) is 6.40. The minimum atomic E-state index is -4.93. The van der Waals surface area contributed by atoms with E-state index in [1.54, 1.807) is 0 Å². The molecule has 0 aromatic heterocycles. The molecule has 0 heterocycles.